The van der Waals surface area contributed by atoms with Gasteiger partial charge in [-0.2, -0.15) is 0 Å². The molecular formula is C23H29N3O5S. The molecule has 0 radical (unpaired) electrons. The summed E-state index contributed by atoms with van der Waals surface area (Å²) in [7, 11) is -3.64. The Morgan fingerprint density at radius 2 is 1.66 bits per heavy atom. The molecule has 1 heterocycles. The molecule has 2 amide bonds. The van der Waals surface area contributed by atoms with E-state index in [1.54, 1.807) is 36.4 Å². The molecule has 8 nitrogen and oxygen atoms in total. The fraction of sp³-hybridized carbons (Fsp3) is 0.391. The van der Waals surface area contributed by atoms with Gasteiger partial charge in [-0.15, -0.1) is 0 Å². The molecule has 1 saturated heterocycles. The average molecular weight is 460 g/mol. The van der Waals surface area contributed by atoms with Gasteiger partial charge in [0.2, 0.25) is 15.9 Å². The quantitative estimate of drug-likeness (QED) is 0.503. The molecule has 0 aromatic heterocycles. The fourth-order valence-corrected chi connectivity index (χ4v) is 4.34. The Bertz CT molecular complexity index is 1010. The number of benzene rings is 2. The second kappa shape index (κ2) is 11.2. The van der Waals surface area contributed by atoms with Crippen molar-refractivity contribution in [3.05, 3.63) is 54.1 Å². The highest BCUT2D eigenvalue weighted by atomic mass is 32.2. The summed E-state index contributed by atoms with van der Waals surface area (Å²) in [5.41, 5.74) is 1.53. The van der Waals surface area contributed by atoms with Crippen LogP contribution in [0.2, 0.25) is 0 Å². The Morgan fingerprint density at radius 3 is 2.28 bits per heavy atom. The molecule has 0 spiro atoms. The third-order valence-corrected chi connectivity index (χ3v) is 6.58. The first-order valence-corrected chi connectivity index (χ1v) is 12.3. The predicted octanol–water partition coefficient (Wildman–Crippen LogP) is 3.52. The molecule has 1 aliphatic rings. The Kier molecular flexibility index (Phi) is 8.38. The summed E-state index contributed by atoms with van der Waals surface area (Å²) in [6.07, 6.45) is 3.95. The molecule has 0 aliphatic carbocycles. The van der Waals surface area contributed by atoms with Crippen molar-refractivity contribution in [1.82, 2.24) is 4.72 Å². The van der Waals surface area contributed by atoms with Gasteiger partial charge >= 0.3 is 0 Å². The zero-order chi connectivity index (χ0) is 23.0. The zero-order valence-corrected chi connectivity index (χ0v) is 18.9. The minimum Gasteiger partial charge on any atom is -0.377 e. The first-order valence-electron chi connectivity index (χ1n) is 10.8. The van der Waals surface area contributed by atoms with Crippen molar-refractivity contribution >= 4 is 33.2 Å². The minimum atomic E-state index is -3.64. The summed E-state index contributed by atoms with van der Waals surface area (Å²) < 4.78 is 32.9. The third kappa shape index (κ3) is 6.88. The monoisotopic (exact) mass is 459 g/mol. The van der Waals surface area contributed by atoms with E-state index in [-0.39, 0.29) is 29.4 Å². The van der Waals surface area contributed by atoms with Gasteiger partial charge < -0.3 is 15.4 Å². The van der Waals surface area contributed by atoms with Crippen LogP contribution in [0.4, 0.5) is 11.4 Å². The van der Waals surface area contributed by atoms with Crippen LogP contribution < -0.4 is 15.4 Å². The molecule has 0 bridgehead atoms. The van der Waals surface area contributed by atoms with E-state index >= 15 is 0 Å². The van der Waals surface area contributed by atoms with Crippen LogP contribution >= 0.6 is 0 Å². The number of sulfonamides is 1. The number of carbonyl (C=O) groups is 2. The van der Waals surface area contributed by atoms with E-state index < -0.39 is 10.0 Å². The number of carbonyl (C=O) groups excluding carboxylic acids is 2. The maximum atomic E-state index is 12.5. The van der Waals surface area contributed by atoms with Crippen molar-refractivity contribution in [2.45, 2.75) is 50.0 Å². The van der Waals surface area contributed by atoms with Gasteiger partial charge in [0.25, 0.3) is 5.91 Å². The molecule has 1 aliphatic heterocycles. The number of amides is 2. The highest BCUT2D eigenvalue weighted by Crippen LogP contribution is 2.17. The van der Waals surface area contributed by atoms with Crippen LogP contribution in [0.1, 0.15) is 49.4 Å². The lowest BCUT2D eigenvalue weighted by Gasteiger charge is -2.12. The summed E-state index contributed by atoms with van der Waals surface area (Å²) in [6, 6.07) is 12.6. The summed E-state index contributed by atoms with van der Waals surface area (Å²) in [6.45, 7) is 2.93. The number of ether oxygens (including phenoxy) is 1. The molecule has 2 aromatic carbocycles. The normalized spacial score (nSPS) is 16.0. The summed E-state index contributed by atoms with van der Waals surface area (Å²) in [5.74, 6) is -0.384. The molecule has 2 aromatic rings. The summed E-state index contributed by atoms with van der Waals surface area (Å²) in [5, 5.41) is 5.54. The van der Waals surface area contributed by atoms with Gasteiger partial charge in [0.15, 0.2) is 0 Å². The van der Waals surface area contributed by atoms with E-state index in [9.17, 15) is 18.0 Å². The molecule has 172 valence electrons. The molecule has 0 unspecified atom stereocenters. The smallest absolute Gasteiger partial charge is 0.255 e. The van der Waals surface area contributed by atoms with Crippen molar-refractivity contribution in [1.29, 1.82) is 0 Å². The maximum Gasteiger partial charge on any atom is 0.255 e. The van der Waals surface area contributed by atoms with Gasteiger partial charge in [0.05, 0.1) is 11.0 Å². The van der Waals surface area contributed by atoms with Crippen molar-refractivity contribution in [3.8, 4) is 0 Å². The highest BCUT2D eigenvalue weighted by molar-refractivity contribution is 7.89. The van der Waals surface area contributed by atoms with Gasteiger partial charge in [-0.3, -0.25) is 9.59 Å². The van der Waals surface area contributed by atoms with Crippen molar-refractivity contribution < 1.29 is 22.7 Å². The van der Waals surface area contributed by atoms with Crippen LogP contribution in [0.3, 0.4) is 0 Å². The number of anilines is 2. The molecular weight excluding hydrogens is 430 g/mol. The molecule has 3 rings (SSSR count). The second-order valence-electron chi connectivity index (χ2n) is 7.69. The van der Waals surface area contributed by atoms with Crippen LogP contribution in [-0.4, -0.2) is 39.5 Å². The van der Waals surface area contributed by atoms with E-state index in [0.717, 1.165) is 25.7 Å². The van der Waals surface area contributed by atoms with E-state index in [1.807, 2.05) is 6.92 Å². The Labute approximate surface area is 188 Å². The van der Waals surface area contributed by atoms with Crippen LogP contribution in [-0.2, 0) is 19.6 Å². The van der Waals surface area contributed by atoms with Crippen LogP contribution in [0.5, 0.6) is 0 Å². The lowest BCUT2D eigenvalue weighted by atomic mass is 10.1. The topological polar surface area (TPSA) is 114 Å². The van der Waals surface area contributed by atoms with Crippen LogP contribution in [0.25, 0.3) is 0 Å². The second-order valence-corrected chi connectivity index (χ2v) is 9.46. The first kappa shape index (κ1) is 23.9. The first-order chi connectivity index (χ1) is 15.4. The lowest BCUT2D eigenvalue weighted by Crippen LogP contribution is -2.31. The Balaban J connectivity index is 1.54. The van der Waals surface area contributed by atoms with Crippen molar-refractivity contribution in [2.75, 3.05) is 23.8 Å². The Hall–Kier alpha value is -2.75. The Morgan fingerprint density at radius 1 is 1.00 bits per heavy atom. The SMILES string of the molecule is CCCCC(=O)Nc1ccc(C(=O)Nc2ccc(S(=O)(=O)NC[C@@H]3CCCO3)cc2)cc1. The molecule has 3 N–H and O–H groups in total. The van der Waals surface area contributed by atoms with Gasteiger partial charge in [-0.05, 0) is 67.8 Å². The minimum absolute atomic E-state index is 0.0515. The lowest BCUT2D eigenvalue weighted by molar-refractivity contribution is -0.116. The number of hydrogen-bond acceptors (Lipinski definition) is 5. The molecule has 32 heavy (non-hydrogen) atoms. The van der Waals surface area contributed by atoms with Gasteiger partial charge in [0.1, 0.15) is 0 Å². The number of rotatable bonds is 10. The largest absolute Gasteiger partial charge is 0.377 e. The third-order valence-electron chi connectivity index (χ3n) is 5.14. The van der Waals surface area contributed by atoms with E-state index in [2.05, 4.69) is 15.4 Å². The molecule has 9 heteroatoms. The average Bonchev–Trinajstić information content (AvgIpc) is 3.31. The van der Waals surface area contributed by atoms with Crippen LogP contribution in [0, 0.1) is 0 Å². The van der Waals surface area contributed by atoms with E-state index in [4.69, 9.17) is 4.74 Å². The van der Waals surface area contributed by atoms with Crippen LogP contribution in [0.15, 0.2) is 53.4 Å². The molecule has 1 atom stereocenters. The summed E-state index contributed by atoms with van der Waals surface area (Å²) >= 11 is 0. The number of nitrogens with one attached hydrogen (secondary N) is 3. The van der Waals surface area contributed by atoms with Gasteiger partial charge in [-0.25, -0.2) is 13.1 Å². The maximum absolute atomic E-state index is 12.5. The van der Waals surface area contributed by atoms with E-state index in [1.165, 1.54) is 12.1 Å². The molecule has 0 saturated carbocycles. The zero-order valence-electron chi connectivity index (χ0n) is 18.1. The fourth-order valence-electron chi connectivity index (χ4n) is 3.28. The van der Waals surface area contributed by atoms with Gasteiger partial charge in [0, 0.05) is 36.5 Å². The van der Waals surface area contributed by atoms with Crippen molar-refractivity contribution in [3.63, 3.8) is 0 Å². The standard InChI is InChI=1S/C23H29N3O5S/c1-2-3-6-22(27)25-18-9-7-17(8-10-18)23(28)26-19-11-13-21(14-12-19)32(29,30)24-16-20-5-4-15-31-20/h7-14,20,24H,2-6,15-16H2,1H3,(H,25,27)(H,26,28)/t20-/m0/s1. The highest BCUT2D eigenvalue weighted by Gasteiger charge is 2.20. The van der Waals surface area contributed by atoms with Gasteiger partial charge in [-0.1, -0.05) is 13.3 Å². The number of unbranched alkanes of at least 4 members (excludes halogenated alkanes) is 1. The number of hydrogen-bond donors (Lipinski definition) is 3. The van der Waals surface area contributed by atoms with Crippen molar-refractivity contribution in [2.24, 2.45) is 0 Å². The molecule has 1 fully saturated rings. The summed E-state index contributed by atoms with van der Waals surface area (Å²) in [4.78, 5) is 24.4. The van der Waals surface area contributed by atoms with E-state index in [0.29, 0.717) is 30.0 Å². The predicted molar refractivity (Wildman–Crippen MR) is 123 cm³/mol.